The summed E-state index contributed by atoms with van der Waals surface area (Å²) in [6, 6.07) is 0. The molecular weight excluding hydrogens is 765 g/mol. The van der Waals surface area contributed by atoms with E-state index in [1.807, 2.05) is 0 Å². The molecule has 360 valence electrons. The number of allylic oxidation sites excluding steroid dienone is 9. The van der Waals surface area contributed by atoms with Crippen LogP contribution in [-0.2, 0) is 23.8 Å². The maximum Gasteiger partial charge on any atom is 0.306 e. The van der Waals surface area contributed by atoms with E-state index in [0.717, 1.165) is 64.2 Å². The van der Waals surface area contributed by atoms with E-state index in [1.54, 1.807) is 0 Å². The fourth-order valence-corrected chi connectivity index (χ4v) is 7.64. The van der Waals surface area contributed by atoms with Crippen molar-refractivity contribution in [1.82, 2.24) is 0 Å². The third kappa shape index (κ3) is 50.2. The standard InChI is InChI=1S/C57H102O5/c1-4-7-10-13-16-19-22-25-27-29-30-33-35-38-41-44-47-50-56(58)61-54-55(62-57(59)51-48-45-42-39-36-32-24-21-18-15-12-9-6-3)53-60-52-49-46-43-40-37-34-31-28-26-23-20-17-14-11-8-5-2/h8,11,17,20,26,28,34,37,43,46,55H,4-7,9-10,12-16,18-19,21-25,27,29-33,35-36,38-42,44-45,47-54H2,1-3H3/b11-8-,20-17-,28-26-,37-34-,46-43-. The Labute approximate surface area is 385 Å². The number of unbranched alkanes of at least 4 members (excludes halogenated alkanes) is 28. The second-order valence-corrected chi connectivity index (χ2v) is 17.8. The molecule has 1 unspecified atom stereocenters. The highest BCUT2D eigenvalue weighted by Crippen LogP contribution is 2.16. The van der Waals surface area contributed by atoms with Crippen molar-refractivity contribution in [2.45, 2.75) is 271 Å². The largest absolute Gasteiger partial charge is 0.462 e. The zero-order chi connectivity index (χ0) is 44.9. The van der Waals surface area contributed by atoms with Crippen LogP contribution >= 0.6 is 0 Å². The molecule has 0 aromatic heterocycles. The van der Waals surface area contributed by atoms with Crippen molar-refractivity contribution in [3.63, 3.8) is 0 Å². The first kappa shape index (κ1) is 59.6. The molecule has 0 saturated carbocycles. The Morgan fingerprint density at radius 2 is 0.694 bits per heavy atom. The molecule has 0 aliphatic heterocycles. The maximum atomic E-state index is 12.8. The first-order valence-corrected chi connectivity index (χ1v) is 26.8. The molecule has 0 radical (unpaired) electrons. The van der Waals surface area contributed by atoms with Gasteiger partial charge in [-0.2, -0.15) is 0 Å². The van der Waals surface area contributed by atoms with Gasteiger partial charge in [-0.15, -0.1) is 0 Å². The Morgan fingerprint density at radius 1 is 0.371 bits per heavy atom. The van der Waals surface area contributed by atoms with Crippen LogP contribution in [0.3, 0.4) is 0 Å². The zero-order valence-electron chi connectivity index (χ0n) is 41.4. The Hall–Kier alpha value is -2.40. The van der Waals surface area contributed by atoms with Gasteiger partial charge in [0.2, 0.25) is 0 Å². The van der Waals surface area contributed by atoms with Gasteiger partial charge in [-0.05, 0) is 51.4 Å². The Balaban J connectivity index is 4.32. The number of rotatable bonds is 49. The summed E-state index contributed by atoms with van der Waals surface area (Å²) in [6.45, 7) is 7.54. The second-order valence-electron chi connectivity index (χ2n) is 17.8. The van der Waals surface area contributed by atoms with Crippen molar-refractivity contribution in [3.05, 3.63) is 60.8 Å². The number of hydrogen-bond donors (Lipinski definition) is 0. The second kappa shape index (κ2) is 52.9. The summed E-state index contributed by atoms with van der Waals surface area (Å²) in [5.41, 5.74) is 0. The normalized spacial score (nSPS) is 12.6. The van der Waals surface area contributed by atoms with Gasteiger partial charge in [-0.1, -0.05) is 261 Å². The van der Waals surface area contributed by atoms with Crippen LogP contribution in [0.15, 0.2) is 60.8 Å². The minimum Gasteiger partial charge on any atom is -0.462 e. The minimum atomic E-state index is -0.572. The van der Waals surface area contributed by atoms with Crippen LogP contribution in [0.5, 0.6) is 0 Å². The molecule has 0 saturated heterocycles. The lowest BCUT2D eigenvalue weighted by Gasteiger charge is -2.18. The fourth-order valence-electron chi connectivity index (χ4n) is 7.64. The predicted molar refractivity (Wildman–Crippen MR) is 270 cm³/mol. The van der Waals surface area contributed by atoms with Crippen LogP contribution in [0.1, 0.15) is 265 Å². The van der Waals surface area contributed by atoms with Gasteiger partial charge in [0.05, 0.1) is 13.2 Å². The van der Waals surface area contributed by atoms with E-state index in [0.29, 0.717) is 19.4 Å². The summed E-state index contributed by atoms with van der Waals surface area (Å²) >= 11 is 0. The summed E-state index contributed by atoms with van der Waals surface area (Å²) in [5, 5.41) is 0. The smallest absolute Gasteiger partial charge is 0.306 e. The highest BCUT2D eigenvalue weighted by Gasteiger charge is 2.17. The molecule has 0 aromatic rings. The number of carbonyl (C=O) groups excluding carboxylic acids is 2. The van der Waals surface area contributed by atoms with Gasteiger partial charge in [0, 0.05) is 12.8 Å². The molecule has 0 bridgehead atoms. The van der Waals surface area contributed by atoms with Crippen LogP contribution in [0.2, 0.25) is 0 Å². The molecule has 5 nitrogen and oxygen atoms in total. The minimum absolute atomic E-state index is 0.0593. The molecule has 0 aliphatic rings. The maximum absolute atomic E-state index is 12.8. The van der Waals surface area contributed by atoms with Crippen LogP contribution in [0, 0.1) is 0 Å². The third-order valence-electron chi connectivity index (χ3n) is 11.6. The SMILES string of the molecule is CC/C=C\C/C=C\C/C=C\C/C=C\C/C=C\CCOCC(COC(=O)CCCCCCCCCCCCCCCCCCC)OC(=O)CCCCCCCCCCCCCCC. The monoisotopic (exact) mass is 867 g/mol. The van der Waals surface area contributed by atoms with Crippen LogP contribution in [0.4, 0.5) is 0 Å². The molecule has 0 rings (SSSR count). The molecule has 62 heavy (non-hydrogen) atoms. The topological polar surface area (TPSA) is 61.8 Å². The summed E-state index contributed by atoms with van der Waals surface area (Å²) in [7, 11) is 0. The Kier molecular flexibility index (Phi) is 50.9. The lowest BCUT2D eigenvalue weighted by atomic mass is 10.0. The van der Waals surface area contributed by atoms with Gasteiger partial charge in [0.1, 0.15) is 6.61 Å². The van der Waals surface area contributed by atoms with Crippen molar-refractivity contribution < 1.29 is 23.8 Å². The van der Waals surface area contributed by atoms with Gasteiger partial charge < -0.3 is 14.2 Å². The first-order chi connectivity index (χ1) is 30.6. The van der Waals surface area contributed by atoms with Gasteiger partial charge >= 0.3 is 11.9 Å². The van der Waals surface area contributed by atoms with Gasteiger partial charge in [0.15, 0.2) is 6.10 Å². The molecule has 0 N–H and O–H groups in total. The van der Waals surface area contributed by atoms with E-state index in [9.17, 15) is 9.59 Å². The number of carbonyl (C=O) groups is 2. The van der Waals surface area contributed by atoms with Gasteiger partial charge in [0.25, 0.3) is 0 Å². The highest BCUT2D eigenvalue weighted by molar-refractivity contribution is 5.70. The van der Waals surface area contributed by atoms with E-state index in [1.165, 1.54) is 167 Å². The van der Waals surface area contributed by atoms with E-state index in [4.69, 9.17) is 14.2 Å². The third-order valence-corrected chi connectivity index (χ3v) is 11.6. The summed E-state index contributed by atoms with van der Waals surface area (Å²) in [4.78, 5) is 25.4. The van der Waals surface area contributed by atoms with Crippen molar-refractivity contribution in [2.75, 3.05) is 19.8 Å². The quantitative estimate of drug-likeness (QED) is 0.0346. The summed E-state index contributed by atoms with van der Waals surface area (Å²) < 4.78 is 17.3. The molecule has 5 heteroatoms. The lowest BCUT2D eigenvalue weighted by molar-refractivity contribution is -0.162. The summed E-state index contributed by atoms with van der Waals surface area (Å²) in [6.07, 6.45) is 66.8. The fraction of sp³-hybridized carbons (Fsp3) is 0.789. The van der Waals surface area contributed by atoms with E-state index >= 15 is 0 Å². The van der Waals surface area contributed by atoms with Gasteiger partial charge in [-0.25, -0.2) is 0 Å². The molecule has 0 aromatic carbocycles. The Bertz CT molecular complexity index is 1070. The highest BCUT2D eigenvalue weighted by atomic mass is 16.6. The molecule has 1 atom stereocenters. The van der Waals surface area contributed by atoms with Crippen molar-refractivity contribution in [1.29, 1.82) is 0 Å². The Morgan fingerprint density at radius 3 is 1.06 bits per heavy atom. The zero-order valence-corrected chi connectivity index (χ0v) is 41.4. The van der Waals surface area contributed by atoms with Gasteiger partial charge in [-0.3, -0.25) is 9.59 Å². The van der Waals surface area contributed by atoms with Crippen LogP contribution in [0.25, 0.3) is 0 Å². The van der Waals surface area contributed by atoms with E-state index in [-0.39, 0.29) is 25.2 Å². The summed E-state index contributed by atoms with van der Waals surface area (Å²) in [5.74, 6) is -0.425. The predicted octanol–water partition coefficient (Wildman–Crippen LogP) is 18.1. The molecule has 0 amide bonds. The van der Waals surface area contributed by atoms with Crippen LogP contribution in [-0.4, -0.2) is 37.9 Å². The van der Waals surface area contributed by atoms with E-state index in [2.05, 4.69) is 81.5 Å². The number of esters is 2. The molecule has 0 aliphatic carbocycles. The number of hydrogen-bond acceptors (Lipinski definition) is 5. The van der Waals surface area contributed by atoms with Crippen molar-refractivity contribution in [3.8, 4) is 0 Å². The molecular formula is C57H102O5. The van der Waals surface area contributed by atoms with Crippen molar-refractivity contribution >= 4 is 11.9 Å². The first-order valence-electron chi connectivity index (χ1n) is 26.8. The lowest BCUT2D eigenvalue weighted by Crippen LogP contribution is -2.30. The van der Waals surface area contributed by atoms with E-state index < -0.39 is 6.10 Å². The average molecular weight is 867 g/mol. The van der Waals surface area contributed by atoms with Crippen LogP contribution < -0.4 is 0 Å². The molecule has 0 heterocycles. The molecule has 0 spiro atoms. The number of ether oxygens (including phenoxy) is 3. The molecule has 0 fully saturated rings. The van der Waals surface area contributed by atoms with Crippen molar-refractivity contribution in [2.24, 2.45) is 0 Å². The average Bonchev–Trinajstić information content (AvgIpc) is 3.27.